The molecule has 0 aliphatic rings. The van der Waals surface area contributed by atoms with Crippen LogP contribution in [0.4, 0.5) is 10.6 Å². The van der Waals surface area contributed by atoms with Gasteiger partial charge in [-0.25, -0.2) is 9.78 Å². The van der Waals surface area contributed by atoms with Crippen molar-refractivity contribution in [1.29, 1.82) is 0 Å². The predicted octanol–water partition coefficient (Wildman–Crippen LogP) is 2.03. The Bertz CT molecular complexity index is 871. The van der Waals surface area contributed by atoms with Crippen LogP contribution in [0.15, 0.2) is 36.7 Å². The second kappa shape index (κ2) is 9.22. The highest BCUT2D eigenvalue weighted by atomic mass is 16.6. The Morgan fingerprint density at radius 2 is 1.86 bits per heavy atom. The highest BCUT2D eigenvalue weighted by Gasteiger charge is 2.23. The lowest BCUT2D eigenvalue weighted by molar-refractivity contribution is -0.117. The van der Waals surface area contributed by atoms with E-state index >= 15 is 0 Å². The van der Waals surface area contributed by atoms with Crippen LogP contribution in [-0.2, 0) is 22.5 Å². The number of likely N-dealkylation sites (N-methyl/N-ethyl adjacent to an activating group) is 1. The van der Waals surface area contributed by atoms with Gasteiger partial charge in [-0.15, -0.1) is 0 Å². The maximum absolute atomic E-state index is 12.3. The molecule has 0 fully saturated rings. The number of amides is 3. The number of imidazole rings is 1. The topological polar surface area (TPSA) is 120 Å². The van der Waals surface area contributed by atoms with Crippen molar-refractivity contribution in [2.75, 3.05) is 18.9 Å². The van der Waals surface area contributed by atoms with Gasteiger partial charge in [-0.3, -0.25) is 9.59 Å². The molecule has 0 spiro atoms. The third-order valence-corrected chi connectivity index (χ3v) is 3.90. The van der Waals surface area contributed by atoms with Gasteiger partial charge in [-0.05, 0) is 32.8 Å². The van der Waals surface area contributed by atoms with E-state index in [1.54, 1.807) is 25.3 Å². The number of aromatic nitrogens is 2. The van der Waals surface area contributed by atoms with E-state index in [-0.39, 0.29) is 18.1 Å². The smallest absolute Gasteiger partial charge is 0.410 e. The van der Waals surface area contributed by atoms with Crippen LogP contribution >= 0.6 is 0 Å². The van der Waals surface area contributed by atoms with Crippen LogP contribution in [0.5, 0.6) is 0 Å². The molecule has 2 aromatic rings. The number of nitrogens with one attached hydrogen (secondary N) is 1. The van der Waals surface area contributed by atoms with Crippen LogP contribution in [0.3, 0.4) is 0 Å². The first kappa shape index (κ1) is 21.9. The average Bonchev–Trinajstić information content (AvgIpc) is 3.01. The van der Waals surface area contributed by atoms with E-state index < -0.39 is 23.5 Å². The number of hydrogen-bond acceptors (Lipinski definition) is 5. The molecule has 0 unspecified atom stereocenters. The SMILES string of the molecule is CN(CC(=O)Nc1ncn(CCc2ccccc2)c1C(N)=O)C(=O)OC(C)(C)C. The molecular weight excluding hydrogens is 374 g/mol. The monoisotopic (exact) mass is 401 g/mol. The highest BCUT2D eigenvalue weighted by Crippen LogP contribution is 2.15. The molecular formula is C20H27N5O4. The second-order valence-electron chi connectivity index (χ2n) is 7.62. The van der Waals surface area contributed by atoms with Crippen molar-refractivity contribution in [3.05, 3.63) is 47.9 Å². The van der Waals surface area contributed by atoms with Gasteiger partial charge >= 0.3 is 6.09 Å². The summed E-state index contributed by atoms with van der Waals surface area (Å²) >= 11 is 0. The molecule has 3 N–H and O–H groups in total. The third kappa shape index (κ3) is 6.63. The van der Waals surface area contributed by atoms with Crippen LogP contribution in [0.25, 0.3) is 0 Å². The van der Waals surface area contributed by atoms with E-state index in [9.17, 15) is 14.4 Å². The lowest BCUT2D eigenvalue weighted by Crippen LogP contribution is -2.39. The quantitative estimate of drug-likeness (QED) is 0.736. The predicted molar refractivity (Wildman–Crippen MR) is 108 cm³/mol. The summed E-state index contributed by atoms with van der Waals surface area (Å²) in [5, 5.41) is 2.54. The van der Waals surface area contributed by atoms with Crippen molar-refractivity contribution in [3.8, 4) is 0 Å². The minimum Gasteiger partial charge on any atom is -0.444 e. The molecule has 0 aliphatic carbocycles. The Balaban J connectivity index is 2.02. The lowest BCUT2D eigenvalue weighted by Gasteiger charge is -2.24. The zero-order valence-corrected chi connectivity index (χ0v) is 17.1. The molecule has 156 valence electrons. The Hall–Kier alpha value is -3.36. The largest absolute Gasteiger partial charge is 0.444 e. The number of benzene rings is 1. The van der Waals surface area contributed by atoms with Crippen LogP contribution in [-0.4, -0.2) is 51.6 Å². The maximum Gasteiger partial charge on any atom is 0.410 e. The number of primary amides is 1. The van der Waals surface area contributed by atoms with E-state index in [0.717, 1.165) is 10.5 Å². The van der Waals surface area contributed by atoms with Gasteiger partial charge < -0.3 is 25.3 Å². The first-order valence-electron chi connectivity index (χ1n) is 9.19. The third-order valence-electron chi connectivity index (χ3n) is 3.90. The fraction of sp³-hybridized carbons (Fsp3) is 0.400. The molecule has 1 aromatic carbocycles. The number of anilines is 1. The van der Waals surface area contributed by atoms with Crippen molar-refractivity contribution < 1.29 is 19.1 Å². The summed E-state index contributed by atoms with van der Waals surface area (Å²) in [6.07, 6.45) is 1.50. The summed E-state index contributed by atoms with van der Waals surface area (Å²) in [7, 11) is 1.45. The minimum absolute atomic E-state index is 0.0631. The van der Waals surface area contributed by atoms with Gasteiger partial charge in [0, 0.05) is 13.6 Å². The van der Waals surface area contributed by atoms with Gasteiger partial charge in [-0.2, -0.15) is 0 Å². The number of nitrogens with two attached hydrogens (primary N) is 1. The second-order valence-corrected chi connectivity index (χ2v) is 7.62. The van der Waals surface area contributed by atoms with Crippen LogP contribution in [0, 0.1) is 0 Å². The minimum atomic E-state index is -0.702. The van der Waals surface area contributed by atoms with Crippen molar-refractivity contribution in [1.82, 2.24) is 14.5 Å². The molecule has 0 atom stereocenters. The summed E-state index contributed by atoms with van der Waals surface area (Å²) in [4.78, 5) is 41.4. The number of carbonyl (C=O) groups excluding carboxylic acids is 3. The average molecular weight is 401 g/mol. The molecule has 0 radical (unpaired) electrons. The zero-order valence-electron chi connectivity index (χ0n) is 17.1. The van der Waals surface area contributed by atoms with E-state index in [1.165, 1.54) is 13.4 Å². The van der Waals surface area contributed by atoms with Crippen molar-refractivity contribution >= 4 is 23.7 Å². The van der Waals surface area contributed by atoms with Gasteiger partial charge in [0.2, 0.25) is 5.91 Å². The molecule has 0 saturated carbocycles. The molecule has 9 heteroatoms. The Labute approximate surface area is 169 Å². The van der Waals surface area contributed by atoms with E-state index in [1.807, 2.05) is 30.3 Å². The molecule has 3 amide bonds. The molecule has 2 rings (SSSR count). The number of aryl methyl sites for hydroxylation is 2. The molecule has 0 bridgehead atoms. The molecule has 1 aromatic heterocycles. The summed E-state index contributed by atoms with van der Waals surface area (Å²) in [6.45, 7) is 5.42. The summed E-state index contributed by atoms with van der Waals surface area (Å²) in [5.41, 5.74) is 6.02. The Kier molecular flexibility index (Phi) is 6.98. The van der Waals surface area contributed by atoms with E-state index in [4.69, 9.17) is 10.5 Å². The van der Waals surface area contributed by atoms with Crippen LogP contribution in [0.2, 0.25) is 0 Å². The number of carbonyl (C=O) groups is 3. The first-order chi connectivity index (χ1) is 13.6. The van der Waals surface area contributed by atoms with Gasteiger partial charge in [-0.1, -0.05) is 30.3 Å². The molecule has 29 heavy (non-hydrogen) atoms. The van der Waals surface area contributed by atoms with Crippen LogP contribution in [0.1, 0.15) is 36.8 Å². The lowest BCUT2D eigenvalue weighted by atomic mass is 10.1. The molecule has 1 heterocycles. The van der Waals surface area contributed by atoms with Crippen molar-refractivity contribution in [2.45, 2.75) is 39.3 Å². The Morgan fingerprint density at radius 3 is 2.45 bits per heavy atom. The van der Waals surface area contributed by atoms with Crippen molar-refractivity contribution in [3.63, 3.8) is 0 Å². The first-order valence-corrected chi connectivity index (χ1v) is 9.19. The number of nitrogens with zero attached hydrogens (tertiary/aromatic N) is 3. The van der Waals surface area contributed by atoms with Gasteiger partial charge in [0.25, 0.3) is 5.91 Å². The number of rotatable bonds is 7. The molecule has 0 saturated heterocycles. The molecule has 0 aliphatic heterocycles. The van der Waals surface area contributed by atoms with E-state index in [0.29, 0.717) is 13.0 Å². The fourth-order valence-electron chi connectivity index (χ4n) is 2.59. The summed E-state index contributed by atoms with van der Waals surface area (Å²) in [5.74, 6) is -1.16. The number of hydrogen-bond donors (Lipinski definition) is 2. The fourth-order valence-corrected chi connectivity index (χ4v) is 2.59. The number of ether oxygens (including phenoxy) is 1. The van der Waals surface area contributed by atoms with E-state index in [2.05, 4.69) is 10.3 Å². The normalized spacial score (nSPS) is 11.0. The standard InChI is InChI=1S/C20H27N5O4/c1-20(2,3)29-19(28)24(4)12-15(26)23-18-16(17(21)27)25(13-22-18)11-10-14-8-6-5-7-9-14/h5-9,13H,10-12H2,1-4H3,(H2,21,27)(H,23,26). The van der Waals surface area contributed by atoms with Gasteiger partial charge in [0.05, 0.1) is 6.33 Å². The highest BCUT2D eigenvalue weighted by molar-refractivity contribution is 6.01. The maximum atomic E-state index is 12.3. The Morgan fingerprint density at radius 1 is 1.21 bits per heavy atom. The zero-order chi connectivity index (χ0) is 21.6. The summed E-state index contributed by atoms with van der Waals surface area (Å²) < 4.78 is 6.80. The molecule has 9 nitrogen and oxygen atoms in total. The summed E-state index contributed by atoms with van der Waals surface area (Å²) in [6, 6.07) is 9.76. The van der Waals surface area contributed by atoms with Crippen molar-refractivity contribution in [2.24, 2.45) is 5.73 Å². The van der Waals surface area contributed by atoms with Crippen LogP contribution < -0.4 is 11.1 Å². The van der Waals surface area contributed by atoms with Gasteiger partial charge in [0.15, 0.2) is 11.5 Å². The van der Waals surface area contributed by atoms with Gasteiger partial charge in [0.1, 0.15) is 12.1 Å².